The van der Waals surface area contributed by atoms with Crippen molar-refractivity contribution in [3.63, 3.8) is 0 Å². The minimum Gasteiger partial charge on any atom is -0.444 e. The molecule has 1 aliphatic rings. The lowest BCUT2D eigenvalue weighted by Gasteiger charge is -2.36. The van der Waals surface area contributed by atoms with Crippen molar-refractivity contribution < 1.29 is 14.3 Å². The third kappa shape index (κ3) is 4.63. The Morgan fingerprint density at radius 2 is 2.00 bits per heavy atom. The second-order valence-electron chi connectivity index (χ2n) is 5.49. The van der Waals surface area contributed by atoms with Crippen LogP contribution in [0.5, 0.6) is 0 Å². The smallest absolute Gasteiger partial charge is 0.410 e. The van der Waals surface area contributed by atoms with Crippen LogP contribution in [0.15, 0.2) is 0 Å². The van der Waals surface area contributed by atoms with Gasteiger partial charge in [0.1, 0.15) is 5.60 Å². The monoisotopic (exact) mass is 242 g/mol. The summed E-state index contributed by atoms with van der Waals surface area (Å²) in [5.41, 5.74) is 4.69. The Balaban J connectivity index is 2.64. The molecule has 5 nitrogen and oxygen atoms in total. The number of ether oxygens (including phenoxy) is 1. The van der Waals surface area contributed by atoms with Crippen LogP contribution in [0, 0.1) is 0 Å². The van der Waals surface area contributed by atoms with Gasteiger partial charge in [0.15, 0.2) is 0 Å². The predicted molar refractivity (Wildman–Crippen MR) is 64.4 cm³/mol. The molecule has 0 spiro atoms. The number of rotatable bonds is 2. The van der Waals surface area contributed by atoms with Gasteiger partial charge in [0, 0.05) is 19.0 Å². The maximum absolute atomic E-state index is 12.0. The van der Waals surface area contributed by atoms with Gasteiger partial charge < -0.3 is 15.4 Å². The van der Waals surface area contributed by atoms with E-state index in [0.717, 1.165) is 19.3 Å². The molecule has 17 heavy (non-hydrogen) atoms. The zero-order chi connectivity index (χ0) is 13.1. The molecule has 1 atom stereocenters. The van der Waals surface area contributed by atoms with Crippen molar-refractivity contribution in [2.75, 3.05) is 6.54 Å². The molecule has 1 heterocycles. The topological polar surface area (TPSA) is 72.6 Å². The van der Waals surface area contributed by atoms with Crippen LogP contribution < -0.4 is 5.73 Å². The minimum atomic E-state index is -0.508. The van der Waals surface area contributed by atoms with Crippen LogP contribution in [0.2, 0.25) is 0 Å². The molecule has 1 aliphatic heterocycles. The molecule has 0 aliphatic carbocycles. The molecule has 0 aromatic rings. The van der Waals surface area contributed by atoms with Crippen LogP contribution in [-0.4, -0.2) is 35.1 Å². The summed E-state index contributed by atoms with van der Waals surface area (Å²) in [5.74, 6) is -0.370. The summed E-state index contributed by atoms with van der Waals surface area (Å²) in [7, 11) is 0. The summed E-state index contributed by atoms with van der Waals surface area (Å²) in [6.45, 7) is 6.14. The fraction of sp³-hybridized carbons (Fsp3) is 0.833. The highest BCUT2D eigenvalue weighted by Crippen LogP contribution is 2.22. The summed E-state index contributed by atoms with van der Waals surface area (Å²) in [6, 6.07) is -0.101. The van der Waals surface area contributed by atoms with Crippen molar-refractivity contribution in [1.82, 2.24) is 4.90 Å². The third-order valence-electron chi connectivity index (χ3n) is 2.69. The molecule has 0 bridgehead atoms. The predicted octanol–water partition coefficient (Wildman–Crippen LogP) is 1.65. The first kappa shape index (κ1) is 13.8. The second-order valence-corrected chi connectivity index (χ2v) is 5.49. The largest absolute Gasteiger partial charge is 0.444 e. The Hall–Kier alpha value is -1.26. The summed E-state index contributed by atoms with van der Waals surface area (Å²) in [4.78, 5) is 24.6. The molecular formula is C12H22N2O3. The van der Waals surface area contributed by atoms with Crippen LogP contribution in [0.1, 0.15) is 46.5 Å². The Morgan fingerprint density at radius 3 is 2.53 bits per heavy atom. The number of hydrogen-bond donors (Lipinski definition) is 1. The summed E-state index contributed by atoms with van der Waals surface area (Å²) < 4.78 is 5.32. The van der Waals surface area contributed by atoms with Gasteiger partial charge in [-0.1, -0.05) is 0 Å². The highest BCUT2D eigenvalue weighted by Gasteiger charge is 2.31. The summed E-state index contributed by atoms with van der Waals surface area (Å²) in [6.07, 6.45) is 2.68. The van der Waals surface area contributed by atoms with Gasteiger partial charge in [0.05, 0.1) is 0 Å². The highest BCUT2D eigenvalue weighted by molar-refractivity contribution is 5.76. The third-order valence-corrected chi connectivity index (χ3v) is 2.69. The zero-order valence-electron chi connectivity index (χ0n) is 10.9. The maximum Gasteiger partial charge on any atom is 0.410 e. The van der Waals surface area contributed by atoms with Crippen LogP contribution in [0.4, 0.5) is 4.79 Å². The average molecular weight is 242 g/mol. The van der Waals surface area contributed by atoms with E-state index >= 15 is 0 Å². The van der Waals surface area contributed by atoms with Gasteiger partial charge in [-0.15, -0.1) is 0 Å². The normalized spacial score (nSPS) is 21.1. The molecule has 0 aromatic heterocycles. The minimum absolute atomic E-state index is 0.101. The van der Waals surface area contributed by atoms with Crippen molar-refractivity contribution in [3.05, 3.63) is 0 Å². The lowest BCUT2D eigenvalue weighted by atomic mass is 10.00. The number of carbonyl (C=O) groups is 2. The summed E-state index contributed by atoms with van der Waals surface area (Å²) >= 11 is 0. The van der Waals surface area contributed by atoms with E-state index in [9.17, 15) is 9.59 Å². The lowest BCUT2D eigenvalue weighted by Crippen LogP contribution is -2.47. The van der Waals surface area contributed by atoms with Crippen LogP contribution >= 0.6 is 0 Å². The standard InChI is InChI=1S/C12H22N2O3/c1-12(2,3)17-11(16)14-7-5-4-6-9(14)8-10(13)15/h9H,4-8H2,1-3H3,(H2,13,15). The van der Waals surface area contributed by atoms with E-state index in [-0.39, 0.29) is 24.5 Å². The van der Waals surface area contributed by atoms with E-state index in [1.54, 1.807) is 4.90 Å². The van der Waals surface area contributed by atoms with Crippen molar-refractivity contribution in [2.45, 2.75) is 58.1 Å². The highest BCUT2D eigenvalue weighted by atomic mass is 16.6. The van der Waals surface area contributed by atoms with Gasteiger partial charge in [0.2, 0.25) is 5.91 Å². The lowest BCUT2D eigenvalue weighted by molar-refractivity contribution is -0.119. The van der Waals surface area contributed by atoms with Crippen molar-refractivity contribution >= 4 is 12.0 Å². The van der Waals surface area contributed by atoms with Gasteiger partial charge in [-0.3, -0.25) is 4.79 Å². The Morgan fingerprint density at radius 1 is 1.35 bits per heavy atom. The van der Waals surface area contributed by atoms with Crippen LogP contribution in [0.3, 0.4) is 0 Å². The molecule has 0 radical (unpaired) electrons. The SMILES string of the molecule is CC(C)(C)OC(=O)N1CCCCC1CC(N)=O. The van der Waals surface area contributed by atoms with Gasteiger partial charge in [0.25, 0.3) is 0 Å². The second kappa shape index (κ2) is 5.38. The Labute approximate surface area is 102 Å². The van der Waals surface area contributed by atoms with Crippen LogP contribution in [-0.2, 0) is 9.53 Å². The number of amides is 2. The van der Waals surface area contributed by atoms with Crippen molar-refractivity contribution in [1.29, 1.82) is 0 Å². The van der Waals surface area contributed by atoms with E-state index in [4.69, 9.17) is 10.5 Å². The molecule has 1 rings (SSSR count). The first-order valence-electron chi connectivity index (χ1n) is 6.07. The van der Waals surface area contributed by atoms with Gasteiger partial charge >= 0.3 is 6.09 Å². The summed E-state index contributed by atoms with van der Waals surface area (Å²) in [5, 5.41) is 0. The molecule has 0 saturated carbocycles. The molecular weight excluding hydrogens is 220 g/mol. The Kier molecular flexibility index (Phi) is 4.37. The number of hydrogen-bond acceptors (Lipinski definition) is 3. The van der Waals surface area contributed by atoms with E-state index in [1.165, 1.54) is 0 Å². The molecule has 1 saturated heterocycles. The van der Waals surface area contributed by atoms with Crippen LogP contribution in [0.25, 0.3) is 0 Å². The molecule has 98 valence electrons. The number of likely N-dealkylation sites (tertiary alicyclic amines) is 1. The molecule has 2 amide bonds. The van der Waals surface area contributed by atoms with Gasteiger partial charge in [-0.25, -0.2) is 4.79 Å². The average Bonchev–Trinajstić information content (AvgIpc) is 2.14. The van der Waals surface area contributed by atoms with Crippen molar-refractivity contribution in [3.8, 4) is 0 Å². The maximum atomic E-state index is 12.0. The van der Waals surface area contributed by atoms with Gasteiger partial charge in [-0.2, -0.15) is 0 Å². The quantitative estimate of drug-likeness (QED) is 0.800. The number of nitrogens with two attached hydrogens (primary N) is 1. The van der Waals surface area contributed by atoms with Crippen molar-refractivity contribution in [2.24, 2.45) is 5.73 Å². The molecule has 0 aromatic carbocycles. The number of carbonyl (C=O) groups excluding carboxylic acids is 2. The zero-order valence-corrected chi connectivity index (χ0v) is 10.9. The molecule has 5 heteroatoms. The van der Waals surface area contributed by atoms with Gasteiger partial charge in [-0.05, 0) is 40.0 Å². The fourth-order valence-electron chi connectivity index (χ4n) is 2.01. The number of nitrogens with zero attached hydrogens (tertiary/aromatic N) is 1. The number of primary amides is 1. The molecule has 1 fully saturated rings. The number of piperidine rings is 1. The van der Waals surface area contributed by atoms with E-state index in [0.29, 0.717) is 6.54 Å². The first-order valence-corrected chi connectivity index (χ1v) is 6.07. The Bertz CT molecular complexity index is 297. The first-order chi connectivity index (χ1) is 7.79. The van der Waals surface area contributed by atoms with E-state index < -0.39 is 5.60 Å². The molecule has 1 unspecified atom stereocenters. The fourth-order valence-corrected chi connectivity index (χ4v) is 2.01. The van der Waals surface area contributed by atoms with E-state index in [1.807, 2.05) is 20.8 Å². The molecule has 2 N–H and O–H groups in total. The van der Waals surface area contributed by atoms with E-state index in [2.05, 4.69) is 0 Å².